The Balaban J connectivity index is 2.62. The van der Waals surface area contributed by atoms with Crippen LogP contribution < -0.4 is 10.1 Å². The average molecular weight is 250 g/mol. The van der Waals surface area contributed by atoms with Gasteiger partial charge in [-0.2, -0.15) is 0 Å². The van der Waals surface area contributed by atoms with Crippen LogP contribution in [0.2, 0.25) is 0 Å². The molecule has 1 amide bonds. The number of ether oxygens (including phenoxy) is 1. The van der Waals surface area contributed by atoms with Gasteiger partial charge in [0.05, 0.1) is 0 Å². The molecule has 0 aliphatic carbocycles. The maximum absolute atomic E-state index is 11.4. The maximum atomic E-state index is 11.4. The highest BCUT2D eigenvalue weighted by Gasteiger charge is 2.07. The van der Waals surface area contributed by atoms with Gasteiger partial charge in [-0.1, -0.05) is 19.1 Å². The van der Waals surface area contributed by atoms with E-state index in [0.29, 0.717) is 0 Å². The molecule has 0 aliphatic rings. The fourth-order valence-corrected chi connectivity index (χ4v) is 1.57. The third-order valence-corrected chi connectivity index (χ3v) is 2.73. The normalized spacial score (nSPS) is 12.0. The quantitative estimate of drug-likeness (QED) is 0.837. The Kier molecular flexibility index (Phi) is 5.65. The van der Waals surface area contributed by atoms with Crippen LogP contribution >= 0.6 is 0 Å². The van der Waals surface area contributed by atoms with Crippen molar-refractivity contribution >= 4 is 5.91 Å². The van der Waals surface area contributed by atoms with Gasteiger partial charge >= 0.3 is 0 Å². The van der Waals surface area contributed by atoms with E-state index in [2.05, 4.69) is 19.2 Å². The van der Waals surface area contributed by atoms with Crippen LogP contribution in [0.25, 0.3) is 0 Å². The SMILES string of the molecule is CCNC(C)c1cccc(OCC(=O)N(C)C)c1. The van der Waals surface area contributed by atoms with Gasteiger partial charge in [-0.25, -0.2) is 0 Å². The molecule has 100 valence electrons. The molecule has 0 saturated carbocycles. The fraction of sp³-hybridized carbons (Fsp3) is 0.500. The van der Waals surface area contributed by atoms with E-state index in [1.165, 1.54) is 4.90 Å². The molecule has 1 rings (SSSR count). The Morgan fingerprint density at radius 3 is 2.78 bits per heavy atom. The zero-order valence-electron chi connectivity index (χ0n) is 11.6. The molecule has 0 radical (unpaired) electrons. The number of likely N-dealkylation sites (N-methyl/N-ethyl adjacent to an activating group) is 1. The van der Waals surface area contributed by atoms with Crippen LogP contribution in [0.15, 0.2) is 24.3 Å². The molecule has 1 unspecified atom stereocenters. The van der Waals surface area contributed by atoms with Crippen molar-refractivity contribution in [2.45, 2.75) is 19.9 Å². The molecular weight excluding hydrogens is 228 g/mol. The Morgan fingerprint density at radius 2 is 2.17 bits per heavy atom. The standard InChI is InChI=1S/C14H22N2O2/c1-5-15-11(2)12-7-6-8-13(9-12)18-10-14(17)16(3)4/h6-9,11,15H,5,10H2,1-4H3. The van der Waals surface area contributed by atoms with Crippen molar-refractivity contribution in [2.24, 2.45) is 0 Å². The highest BCUT2D eigenvalue weighted by atomic mass is 16.5. The first-order valence-corrected chi connectivity index (χ1v) is 6.21. The lowest BCUT2D eigenvalue weighted by Gasteiger charge is -2.15. The first-order valence-electron chi connectivity index (χ1n) is 6.21. The van der Waals surface area contributed by atoms with Crippen molar-refractivity contribution < 1.29 is 9.53 Å². The summed E-state index contributed by atoms with van der Waals surface area (Å²) in [5, 5.41) is 3.34. The van der Waals surface area contributed by atoms with Gasteiger partial charge in [0.1, 0.15) is 5.75 Å². The van der Waals surface area contributed by atoms with E-state index in [-0.39, 0.29) is 18.6 Å². The van der Waals surface area contributed by atoms with Gasteiger partial charge in [-0.15, -0.1) is 0 Å². The molecular formula is C14H22N2O2. The second-order valence-electron chi connectivity index (χ2n) is 4.43. The summed E-state index contributed by atoms with van der Waals surface area (Å²) >= 11 is 0. The van der Waals surface area contributed by atoms with Crippen molar-refractivity contribution in [1.29, 1.82) is 0 Å². The third-order valence-electron chi connectivity index (χ3n) is 2.73. The van der Waals surface area contributed by atoms with Crippen molar-refractivity contribution in [2.75, 3.05) is 27.2 Å². The molecule has 18 heavy (non-hydrogen) atoms. The Hall–Kier alpha value is -1.55. The summed E-state index contributed by atoms with van der Waals surface area (Å²) in [6.07, 6.45) is 0. The molecule has 4 heteroatoms. The van der Waals surface area contributed by atoms with E-state index >= 15 is 0 Å². The fourth-order valence-electron chi connectivity index (χ4n) is 1.57. The minimum atomic E-state index is -0.0415. The van der Waals surface area contributed by atoms with Crippen molar-refractivity contribution in [3.63, 3.8) is 0 Å². The van der Waals surface area contributed by atoms with Crippen molar-refractivity contribution in [3.05, 3.63) is 29.8 Å². The van der Waals surface area contributed by atoms with Gasteiger partial charge in [0.2, 0.25) is 0 Å². The number of hydrogen-bond acceptors (Lipinski definition) is 3. The zero-order valence-corrected chi connectivity index (χ0v) is 11.6. The largest absolute Gasteiger partial charge is 0.484 e. The summed E-state index contributed by atoms with van der Waals surface area (Å²) in [5.41, 5.74) is 1.16. The van der Waals surface area contributed by atoms with E-state index in [4.69, 9.17) is 4.74 Å². The second-order valence-corrected chi connectivity index (χ2v) is 4.43. The predicted octanol–water partition coefficient (Wildman–Crippen LogP) is 1.82. The summed E-state index contributed by atoms with van der Waals surface area (Å²) in [4.78, 5) is 12.9. The lowest BCUT2D eigenvalue weighted by molar-refractivity contribution is -0.130. The predicted molar refractivity (Wildman–Crippen MR) is 72.7 cm³/mol. The molecule has 4 nitrogen and oxygen atoms in total. The van der Waals surface area contributed by atoms with Crippen LogP contribution in [0.4, 0.5) is 0 Å². The summed E-state index contributed by atoms with van der Waals surface area (Å²) < 4.78 is 5.48. The van der Waals surface area contributed by atoms with Gasteiger partial charge in [-0.3, -0.25) is 4.79 Å². The van der Waals surface area contributed by atoms with Crippen molar-refractivity contribution in [3.8, 4) is 5.75 Å². The molecule has 1 N–H and O–H groups in total. The smallest absolute Gasteiger partial charge is 0.259 e. The number of carbonyl (C=O) groups is 1. The molecule has 0 heterocycles. The monoisotopic (exact) mass is 250 g/mol. The van der Waals surface area contributed by atoms with Gasteiger partial charge in [0, 0.05) is 20.1 Å². The Bertz CT molecular complexity index is 391. The summed E-state index contributed by atoms with van der Waals surface area (Å²) in [5.74, 6) is 0.688. The van der Waals surface area contributed by atoms with E-state index in [1.54, 1.807) is 14.1 Å². The minimum absolute atomic E-state index is 0.0415. The number of benzene rings is 1. The second kappa shape index (κ2) is 7.01. The first-order chi connectivity index (χ1) is 8.54. The van der Waals surface area contributed by atoms with Crippen LogP contribution in [0.1, 0.15) is 25.5 Å². The van der Waals surface area contributed by atoms with Gasteiger partial charge in [-0.05, 0) is 31.2 Å². The average Bonchev–Trinajstić information content (AvgIpc) is 2.36. The van der Waals surface area contributed by atoms with Gasteiger partial charge in [0.15, 0.2) is 6.61 Å². The number of hydrogen-bond donors (Lipinski definition) is 1. The Morgan fingerprint density at radius 1 is 1.44 bits per heavy atom. The van der Waals surface area contributed by atoms with Gasteiger partial charge in [0.25, 0.3) is 5.91 Å². The minimum Gasteiger partial charge on any atom is -0.484 e. The molecule has 0 aromatic heterocycles. The third kappa shape index (κ3) is 4.37. The van der Waals surface area contributed by atoms with Crippen LogP contribution in [-0.2, 0) is 4.79 Å². The number of rotatable bonds is 6. The topological polar surface area (TPSA) is 41.6 Å². The number of nitrogens with one attached hydrogen (secondary N) is 1. The summed E-state index contributed by atoms with van der Waals surface area (Å²) in [6.45, 7) is 5.18. The molecule has 0 fully saturated rings. The maximum Gasteiger partial charge on any atom is 0.259 e. The van der Waals surface area contributed by atoms with E-state index < -0.39 is 0 Å². The number of carbonyl (C=O) groups excluding carboxylic acids is 1. The molecule has 1 aromatic rings. The molecule has 0 saturated heterocycles. The van der Waals surface area contributed by atoms with Crippen LogP contribution in [0, 0.1) is 0 Å². The lowest BCUT2D eigenvalue weighted by atomic mass is 10.1. The Labute approximate surface area is 109 Å². The summed E-state index contributed by atoms with van der Waals surface area (Å²) in [6, 6.07) is 8.11. The zero-order chi connectivity index (χ0) is 13.5. The highest BCUT2D eigenvalue weighted by Crippen LogP contribution is 2.18. The molecule has 0 aliphatic heterocycles. The van der Waals surface area contributed by atoms with Crippen LogP contribution in [0.5, 0.6) is 5.75 Å². The van der Waals surface area contributed by atoms with Crippen molar-refractivity contribution in [1.82, 2.24) is 10.2 Å². The first kappa shape index (κ1) is 14.5. The van der Waals surface area contributed by atoms with Crippen LogP contribution in [-0.4, -0.2) is 38.1 Å². The van der Waals surface area contributed by atoms with E-state index in [1.807, 2.05) is 24.3 Å². The van der Waals surface area contributed by atoms with Gasteiger partial charge < -0.3 is 15.0 Å². The number of nitrogens with zero attached hydrogens (tertiary/aromatic N) is 1. The van der Waals surface area contributed by atoms with Crippen LogP contribution in [0.3, 0.4) is 0 Å². The lowest BCUT2D eigenvalue weighted by Crippen LogP contribution is -2.27. The van der Waals surface area contributed by atoms with E-state index in [9.17, 15) is 4.79 Å². The number of amides is 1. The highest BCUT2D eigenvalue weighted by molar-refractivity contribution is 5.77. The molecule has 1 aromatic carbocycles. The molecule has 0 spiro atoms. The molecule has 0 bridgehead atoms. The summed E-state index contributed by atoms with van der Waals surface area (Å²) in [7, 11) is 3.44. The van der Waals surface area contributed by atoms with E-state index in [0.717, 1.165) is 17.9 Å². The molecule has 1 atom stereocenters.